The third kappa shape index (κ3) is 2.73. The summed E-state index contributed by atoms with van der Waals surface area (Å²) in [4.78, 5) is 21.1. The topological polar surface area (TPSA) is 49.3 Å². The van der Waals surface area contributed by atoms with Crippen LogP contribution < -0.4 is 4.90 Å². The van der Waals surface area contributed by atoms with Crippen LogP contribution in [0.15, 0.2) is 0 Å². The molecule has 0 aliphatic carbocycles. The Bertz CT molecular complexity index is 455. The molecule has 0 saturated carbocycles. The molecule has 0 bridgehead atoms. The Morgan fingerprint density at radius 2 is 2.05 bits per heavy atom. The van der Waals surface area contributed by atoms with Crippen LogP contribution in [0.2, 0.25) is 0 Å². The first-order chi connectivity index (χ1) is 9.24. The molecular weight excluding hydrogens is 260 g/mol. The lowest BCUT2D eigenvalue weighted by Gasteiger charge is -2.29. The fourth-order valence-corrected chi connectivity index (χ4v) is 3.63. The number of amides is 1. The predicted molar refractivity (Wildman–Crippen MR) is 75.4 cm³/mol. The highest BCUT2D eigenvalue weighted by Crippen LogP contribution is 2.27. The minimum atomic E-state index is 0.155. The molecule has 6 heteroatoms. The molecule has 19 heavy (non-hydrogen) atoms. The molecule has 3 heterocycles. The van der Waals surface area contributed by atoms with Gasteiger partial charge >= 0.3 is 0 Å². The molecule has 1 atom stereocenters. The Morgan fingerprint density at radius 1 is 1.26 bits per heavy atom. The summed E-state index contributed by atoms with van der Waals surface area (Å²) in [6, 6.07) is 0. The van der Waals surface area contributed by atoms with E-state index in [4.69, 9.17) is 0 Å². The monoisotopic (exact) mass is 280 g/mol. The van der Waals surface area contributed by atoms with Crippen LogP contribution in [0.3, 0.4) is 0 Å². The Kier molecular flexibility index (Phi) is 3.68. The summed E-state index contributed by atoms with van der Waals surface area (Å²) in [6.07, 6.45) is 4.55. The Balaban J connectivity index is 1.60. The van der Waals surface area contributed by atoms with Gasteiger partial charge in [0.2, 0.25) is 11.0 Å². The van der Waals surface area contributed by atoms with E-state index in [9.17, 15) is 4.79 Å². The van der Waals surface area contributed by atoms with E-state index >= 15 is 0 Å². The second-order valence-corrected chi connectivity index (χ2v) is 6.17. The van der Waals surface area contributed by atoms with Crippen molar-refractivity contribution in [2.24, 2.45) is 5.92 Å². The van der Waals surface area contributed by atoms with Crippen molar-refractivity contribution in [3.05, 3.63) is 5.82 Å². The number of likely N-dealkylation sites (tertiary alicyclic amines) is 1. The van der Waals surface area contributed by atoms with Crippen LogP contribution >= 0.6 is 11.5 Å². The molecule has 0 aromatic carbocycles. The predicted octanol–water partition coefficient (Wildman–Crippen LogP) is 1.69. The molecule has 1 unspecified atom stereocenters. The van der Waals surface area contributed by atoms with Crippen LogP contribution in [0.25, 0.3) is 0 Å². The Labute approximate surface area is 117 Å². The molecule has 104 valence electrons. The van der Waals surface area contributed by atoms with Gasteiger partial charge in [-0.05, 0) is 32.6 Å². The zero-order chi connectivity index (χ0) is 13.2. The van der Waals surface area contributed by atoms with E-state index < -0.39 is 0 Å². The zero-order valence-corrected chi connectivity index (χ0v) is 12.2. The van der Waals surface area contributed by atoms with Crippen LogP contribution in [0.5, 0.6) is 0 Å². The van der Waals surface area contributed by atoms with Crippen LogP contribution in [-0.4, -0.2) is 46.3 Å². The maximum absolute atomic E-state index is 12.4. The summed E-state index contributed by atoms with van der Waals surface area (Å²) >= 11 is 1.44. The van der Waals surface area contributed by atoms with Crippen LogP contribution in [0, 0.1) is 12.8 Å². The van der Waals surface area contributed by atoms with E-state index in [1.165, 1.54) is 18.0 Å². The van der Waals surface area contributed by atoms with Crippen LogP contribution in [0.4, 0.5) is 5.13 Å². The molecule has 1 amide bonds. The van der Waals surface area contributed by atoms with Crippen LogP contribution in [-0.2, 0) is 4.79 Å². The molecule has 0 N–H and O–H groups in total. The maximum atomic E-state index is 12.4. The smallest absolute Gasteiger partial charge is 0.227 e. The Hall–Kier alpha value is -1.17. The van der Waals surface area contributed by atoms with Gasteiger partial charge in [0.1, 0.15) is 5.82 Å². The van der Waals surface area contributed by atoms with Gasteiger partial charge in [0.05, 0.1) is 5.92 Å². The SMILES string of the molecule is Cc1nsc(N2CCC(C(=O)N3CCCCC3)C2)n1. The third-order valence-electron chi connectivity index (χ3n) is 3.99. The van der Waals surface area contributed by atoms with Gasteiger partial charge in [0.25, 0.3) is 0 Å². The largest absolute Gasteiger partial charge is 0.346 e. The minimum absolute atomic E-state index is 0.155. The normalized spacial score (nSPS) is 23.9. The molecule has 2 aliphatic heterocycles. The first-order valence-electron chi connectivity index (χ1n) is 7.08. The average molecular weight is 280 g/mol. The van der Waals surface area contributed by atoms with Crippen molar-refractivity contribution in [3.8, 4) is 0 Å². The quantitative estimate of drug-likeness (QED) is 0.827. The number of aromatic nitrogens is 2. The van der Waals surface area contributed by atoms with E-state index in [-0.39, 0.29) is 5.92 Å². The number of carbonyl (C=O) groups is 1. The number of anilines is 1. The third-order valence-corrected chi connectivity index (χ3v) is 4.86. The lowest BCUT2D eigenvalue weighted by atomic mass is 10.0. The Morgan fingerprint density at radius 3 is 2.74 bits per heavy atom. The van der Waals surface area contributed by atoms with Crippen molar-refractivity contribution in [3.63, 3.8) is 0 Å². The van der Waals surface area contributed by atoms with Crippen molar-refractivity contribution in [1.29, 1.82) is 0 Å². The van der Waals surface area contributed by atoms with Gasteiger partial charge in [-0.15, -0.1) is 0 Å². The lowest BCUT2D eigenvalue weighted by molar-refractivity contribution is -0.135. The number of piperidine rings is 1. The summed E-state index contributed by atoms with van der Waals surface area (Å²) in [5.74, 6) is 1.33. The van der Waals surface area contributed by atoms with Crippen molar-refractivity contribution in [2.45, 2.75) is 32.6 Å². The van der Waals surface area contributed by atoms with Gasteiger partial charge in [0, 0.05) is 37.7 Å². The summed E-state index contributed by atoms with van der Waals surface area (Å²) < 4.78 is 4.21. The van der Waals surface area contributed by atoms with Crippen molar-refractivity contribution in [1.82, 2.24) is 14.3 Å². The number of nitrogens with zero attached hydrogens (tertiary/aromatic N) is 4. The summed E-state index contributed by atoms with van der Waals surface area (Å²) in [5.41, 5.74) is 0. The van der Waals surface area contributed by atoms with Crippen LogP contribution in [0.1, 0.15) is 31.5 Å². The highest BCUT2D eigenvalue weighted by Gasteiger charge is 2.33. The van der Waals surface area contributed by atoms with Gasteiger partial charge < -0.3 is 9.80 Å². The highest BCUT2D eigenvalue weighted by atomic mass is 32.1. The molecular formula is C13H20N4OS. The molecule has 5 nitrogen and oxygen atoms in total. The first-order valence-corrected chi connectivity index (χ1v) is 7.85. The maximum Gasteiger partial charge on any atom is 0.227 e. The summed E-state index contributed by atoms with van der Waals surface area (Å²) in [5, 5.41) is 0.964. The second kappa shape index (κ2) is 5.45. The van der Waals surface area contributed by atoms with Gasteiger partial charge in [-0.2, -0.15) is 4.37 Å². The van der Waals surface area contributed by atoms with Crippen molar-refractivity contribution in [2.75, 3.05) is 31.1 Å². The standard InChI is InChI=1S/C13H20N4OS/c1-10-14-13(19-15-10)17-8-5-11(9-17)12(18)16-6-3-2-4-7-16/h11H,2-9H2,1H3. The minimum Gasteiger partial charge on any atom is -0.346 e. The fourth-order valence-electron chi connectivity index (χ4n) is 2.92. The summed E-state index contributed by atoms with van der Waals surface area (Å²) in [6.45, 7) is 5.55. The fraction of sp³-hybridized carbons (Fsp3) is 0.769. The molecule has 2 aliphatic rings. The van der Waals surface area contributed by atoms with Gasteiger partial charge in [-0.25, -0.2) is 4.98 Å². The lowest BCUT2D eigenvalue weighted by Crippen LogP contribution is -2.40. The number of hydrogen-bond acceptors (Lipinski definition) is 5. The summed E-state index contributed by atoms with van der Waals surface area (Å²) in [7, 11) is 0. The zero-order valence-electron chi connectivity index (χ0n) is 11.3. The van der Waals surface area contributed by atoms with Gasteiger partial charge in [0.15, 0.2) is 0 Å². The highest BCUT2D eigenvalue weighted by molar-refractivity contribution is 7.09. The van der Waals surface area contributed by atoms with E-state index in [2.05, 4.69) is 19.2 Å². The molecule has 2 fully saturated rings. The first kappa shape index (κ1) is 12.8. The molecule has 1 aromatic rings. The average Bonchev–Trinajstić information content (AvgIpc) is 3.07. The number of aryl methyl sites for hydroxylation is 1. The van der Waals surface area contributed by atoms with E-state index in [0.717, 1.165) is 56.4 Å². The van der Waals surface area contributed by atoms with E-state index in [0.29, 0.717) is 5.91 Å². The molecule has 1 aromatic heterocycles. The van der Waals surface area contributed by atoms with E-state index in [1.54, 1.807) is 0 Å². The number of hydrogen-bond donors (Lipinski definition) is 0. The van der Waals surface area contributed by atoms with Crippen molar-refractivity contribution < 1.29 is 4.79 Å². The van der Waals surface area contributed by atoms with Crippen molar-refractivity contribution >= 4 is 22.6 Å². The molecule has 2 saturated heterocycles. The molecule has 3 rings (SSSR count). The van der Waals surface area contributed by atoms with Gasteiger partial charge in [-0.1, -0.05) is 0 Å². The van der Waals surface area contributed by atoms with E-state index in [1.807, 2.05) is 6.92 Å². The number of carbonyl (C=O) groups excluding carboxylic acids is 1. The molecule has 0 spiro atoms. The second-order valence-electron chi connectivity index (χ2n) is 5.44. The number of rotatable bonds is 2. The molecule has 0 radical (unpaired) electrons. The van der Waals surface area contributed by atoms with Gasteiger partial charge in [-0.3, -0.25) is 4.79 Å².